The number of hydrogen-bond donors (Lipinski definition) is 1. The zero-order valence-electron chi connectivity index (χ0n) is 10.4. The molecule has 1 heterocycles. The first-order chi connectivity index (χ1) is 7.81. The maximum absolute atomic E-state index is 3.50. The fraction of sp³-hybridized carbons (Fsp3) is 0.571. The molecular weight excluding hydrogens is 196 g/mol. The van der Waals surface area contributed by atoms with Gasteiger partial charge in [0.05, 0.1) is 0 Å². The third kappa shape index (κ3) is 2.56. The van der Waals surface area contributed by atoms with E-state index < -0.39 is 0 Å². The van der Waals surface area contributed by atoms with Crippen molar-refractivity contribution >= 4 is 5.69 Å². The second kappa shape index (κ2) is 5.35. The average Bonchev–Trinajstić information content (AvgIpc) is 2.75. The lowest BCUT2D eigenvalue weighted by Crippen LogP contribution is -2.19. The van der Waals surface area contributed by atoms with Crippen LogP contribution in [0.4, 0.5) is 5.69 Å². The van der Waals surface area contributed by atoms with Gasteiger partial charge in [-0.1, -0.05) is 31.5 Å². The summed E-state index contributed by atoms with van der Waals surface area (Å²) in [7, 11) is 2.21. The highest BCUT2D eigenvalue weighted by atomic mass is 15.1. The Hall–Kier alpha value is -1.02. The van der Waals surface area contributed by atoms with Crippen LogP contribution in [-0.2, 0) is 13.0 Å². The summed E-state index contributed by atoms with van der Waals surface area (Å²) in [6.45, 7) is 5.61. The summed E-state index contributed by atoms with van der Waals surface area (Å²) in [5.74, 6) is 0. The van der Waals surface area contributed by atoms with Gasteiger partial charge in [-0.25, -0.2) is 0 Å². The Balaban J connectivity index is 2.01. The van der Waals surface area contributed by atoms with Crippen molar-refractivity contribution in [3.63, 3.8) is 0 Å². The van der Waals surface area contributed by atoms with E-state index in [1.54, 1.807) is 0 Å². The van der Waals surface area contributed by atoms with E-state index in [2.05, 4.69) is 42.4 Å². The van der Waals surface area contributed by atoms with Gasteiger partial charge in [0.2, 0.25) is 0 Å². The Morgan fingerprint density at radius 1 is 1.38 bits per heavy atom. The molecule has 0 atom stereocenters. The fourth-order valence-corrected chi connectivity index (χ4v) is 2.34. The molecule has 0 bridgehead atoms. The van der Waals surface area contributed by atoms with Crippen molar-refractivity contribution in [3.05, 3.63) is 29.3 Å². The van der Waals surface area contributed by atoms with Crippen LogP contribution in [0.15, 0.2) is 18.2 Å². The molecule has 0 aromatic heterocycles. The number of hydrogen-bond acceptors (Lipinski definition) is 2. The van der Waals surface area contributed by atoms with Gasteiger partial charge in [0.15, 0.2) is 0 Å². The smallest absolute Gasteiger partial charge is 0.0419 e. The van der Waals surface area contributed by atoms with Crippen molar-refractivity contribution in [2.75, 3.05) is 25.5 Å². The number of anilines is 1. The van der Waals surface area contributed by atoms with E-state index in [1.165, 1.54) is 42.6 Å². The van der Waals surface area contributed by atoms with Crippen molar-refractivity contribution in [2.45, 2.75) is 32.7 Å². The van der Waals surface area contributed by atoms with Gasteiger partial charge >= 0.3 is 0 Å². The van der Waals surface area contributed by atoms with Crippen LogP contribution in [0.25, 0.3) is 0 Å². The Morgan fingerprint density at radius 3 is 3.06 bits per heavy atom. The zero-order chi connectivity index (χ0) is 11.4. The monoisotopic (exact) mass is 218 g/mol. The van der Waals surface area contributed by atoms with Crippen molar-refractivity contribution < 1.29 is 0 Å². The number of fused-ring (bicyclic) bond motifs is 1. The first-order valence-electron chi connectivity index (χ1n) is 6.34. The largest absolute Gasteiger partial charge is 0.384 e. The lowest BCUT2D eigenvalue weighted by Gasteiger charge is -2.18. The molecule has 0 amide bonds. The lowest BCUT2D eigenvalue weighted by atomic mass is 10.1. The molecule has 0 spiro atoms. The molecule has 16 heavy (non-hydrogen) atoms. The van der Waals surface area contributed by atoms with E-state index in [0.717, 1.165) is 13.1 Å². The molecule has 2 nitrogen and oxygen atoms in total. The third-order valence-corrected chi connectivity index (χ3v) is 3.27. The van der Waals surface area contributed by atoms with E-state index in [1.807, 2.05) is 0 Å². The second-order valence-corrected chi connectivity index (χ2v) is 4.72. The summed E-state index contributed by atoms with van der Waals surface area (Å²) in [6.07, 6.45) is 3.75. The number of nitrogens with zero attached hydrogens (tertiary/aromatic N) is 1. The van der Waals surface area contributed by atoms with Crippen molar-refractivity contribution in [1.29, 1.82) is 0 Å². The molecule has 1 aliphatic heterocycles. The van der Waals surface area contributed by atoms with Gasteiger partial charge in [0.25, 0.3) is 0 Å². The Bertz CT molecular complexity index is 347. The minimum atomic E-state index is 1.07. The molecule has 0 saturated heterocycles. The summed E-state index contributed by atoms with van der Waals surface area (Å²) >= 11 is 0. The van der Waals surface area contributed by atoms with Crippen LogP contribution in [0.2, 0.25) is 0 Å². The first kappa shape index (κ1) is 11.5. The summed E-state index contributed by atoms with van der Waals surface area (Å²) in [5.41, 5.74) is 4.33. The standard InChI is InChI=1S/C14H22N2/c1-3-4-10-16(2)11-13-7-5-6-12-8-9-15-14(12)13/h5-7,15H,3-4,8-11H2,1-2H3. The van der Waals surface area contributed by atoms with Crippen LogP contribution < -0.4 is 5.32 Å². The summed E-state index contributed by atoms with van der Waals surface area (Å²) in [6, 6.07) is 6.68. The van der Waals surface area contributed by atoms with Crippen molar-refractivity contribution in [2.24, 2.45) is 0 Å². The summed E-state index contributed by atoms with van der Waals surface area (Å²) < 4.78 is 0. The van der Waals surface area contributed by atoms with Crippen LogP contribution in [0, 0.1) is 0 Å². The van der Waals surface area contributed by atoms with Crippen molar-refractivity contribution in [3.8, 4) is 0 Å². The molecule has 0 radical (unpaired) electrons. The molecular formula is C14H22N2. The van der Waals surface area contributed by atoms with E-state index >= 15 is 0 Å². The van der Waals surface area contributed by atoms with Gasteiger partial charge in [-0.3, -0.25) is 0 Å². The van der Waals surface area contributed by atoms with Crippen LogP contribution in [0.3, 0.4) is 0 Å². The SMILES string of the molecule is CCCCN(C)Cc1cccc2c1NCC2. The van der Waals surface area contributed by atoms with Crippen LogP contribution in [0.5, 0.6) is 0 Å². The van der Waals surface area contributed by atoms with Crippen LogP contribution in [0.1, 0.15) is 30.9 Å². The first-order valence-corrected chi connectivity index (χ1v) is 6.34. The molecule has 1 aromatic carbocycles. The quantitative estimate of drug-likeness (QED) is 0.817. The topological polar surface area (TPSA) is 15.3 Å². The van der Waals surface area contributed by atoms with Gasteiger partial charge in [-0.05, 0) is 37.6 Å². The molecule has 88 valence electrons. The third-order valence-electron chi connectivity index (χ3n) is 3.27. The highest BCUT2D eigenvalue weighted by Gasteiger charge is 2.14. The van der Waals surface area contributed by atoms with Gasteiger partial charge in [-0.2, -0.15) is 0 Å². The van der Waals surface area contributed by atoms with Gasteiger partial charge < -0.3 is 10.2 Å². The highest BCUT2D eigenvalue weighted by Crippen LogP contribution is 2.27. The number of nitrogens with one attached hydrogen (secondary N) is 1. The minimum absolute atomic E-state index is 1.07. The van der Waals surface area contributed by atoms with E-state index in [9.17, 15) is 0 Å². The van der Waals surface area contributed by atoms with Crippen LogP contribution >= 0.6 is 0 Å². The van der Waals surface area contributed by atoms with Gasteiger partial charge in [-0.15, -0.1) is 0 Å². The van der Waals surface area contributed by atoms with E-state index in [0.29, 0.717) is 0 Å². The maximum Gasteiger partial charge on any atom is 0.0419 e. The van der Waals surface area contributed by atoms with Gasteiger partial charge in [0, 0.05) is 18.8 Å². The molecule has 0 fully saturated rings. The highest BCUT2D eigenvalue weighted by molar-refractivity contribution is 5.61. The Morgan fingerprint density at radius 2 is 2.25 bits per heavy atom. The normalized spacial score (nSPS) is 13.9. The Labute approximate surface area is 98.7 Å². The minimum Gasteiger partial charge on any atom is -0.384 e. The Kier molecular flexibility index (Phi) is 3.83. The molecule has 1 N–H and O–H groups in total. The predicted octanol–water partition coefficient (Wildman–Crippen LogP) is 2.89. The molecule has 0 saturated carbocycles. The molecule has 1 aromatic rings. The molecule has 0 aliphatic carbocycles. The maximum atomic E-state index is 3.50. The number of rotatable bonds is 5. The fourth-order valence-electron chi connectivity index (χ4n) is 2.34. The number of para-hydroxylation sites is 1. The summed E-state index contributed by atoms with van der Waals surface area (Å²) in [5, 5.41) is 3.50. The molecule has 1 aliphatic rings. The lowest BCUT2D eigenvalue weighted by molar-refractivity contribution is 0.321. The van der Waals surface area contributed by atoms with Crippen molar-refractivity contribution in [1.82, 2.24) is 4.90 Å². The zero-order valence-corrected chi connectivity index (χ0v) is 10.4. The molecule has 0 unspecified atom stereocenters. The van der Waals surface area contributed by atoms with Crippen LogP contribution in [-0.4, -0.2) is 25.0 Å². The molecule has 2 heteroatoms. The number of benzene rings is 1. The number of unbranched alkanes of at least 4 members (excludes halogenated alkanes) is 1. The average molecular weight is 218 g/mol. The predicted molar refractivity (Wildman–Crippen MR) is 69.9 cm³/mol. The second-order valence-electron chi connectivity index (χ2n) is 4.72. The molecule has 2 rings (SSSR count). The van der Waals surface area contributed by atoms with E-state index in [4.69, 9.17) is 0 Å². The van der Waals surface area contributed by atoms with E-state index in [-0.39, 0.29) is 0 Å². The van der Waals surface area contributed by atoms with Gasteiger partial charge in [0.1, 0.15) is 0 Å². The summed E-state index contributed by atoms with van der Waals surface area (Å²) in [4.78, 5) is 2.42.